The fraction of sp³-hybridized carbons (Fsp3) is 0.167. The number of nitrogens with zero attached hydrogens (tertiary/aromatic N) is 3. The molecule has 2 aromatic carbocycles. The maximum Gasteiger partial charge on any atom is 0.417 e. The van der Waals surface area contributed by atoms with Crippen LogP contribution in [0.25, 0.3) is 44.1 Å². The Morgan fingerprint density at radius 2 is 1.57 bits per heavy atom. The summed E-state index contributed by atoms with van der Waals surface area (Å²) in [4.78, 5) is 9.30. The number of halogens is 3. The van der Waals surface area contributed by atoms with Crippen molar-refractivity contribution in [2.75, 3.05) is 0 Å². The van der Waals surface area contributed by atoms with E-state index in [9.17, 15) is 13.2 Å². The summed E-state index contributed by atoms with van der Waals surface area (Å²) < 4.78 is 44.5. The quantitative estimate of drug-likeness (QED) is 0.325. The fourth-order valence-corrected chi connectivity index (χ4v) is 4.22. The molecule has 5 aromatic rings. The molecule has 30 heavy (non-hydrogen) atoms. The molecular weight excluding hydrogens is 387 g/mol. The lowest BCUT2D eigenvalue weighted by molar-refractivity contribution is -0.136. The van der Waals surface area contributed by atoms with Crippen molar-refractivity contribution in [3.8, 4) is 11.3 Å². The van der Waals surface area contributed by atoms with E-state index >= 15 is 0 Å². The molecule has 5 rings (SSSR count). The molecule has 0 fully saturated rings. The number of benzene rings is 2. The van der Waals surface area contributed by atoms with Gasteiger partial charge < -0.3 is 4.57 Å². The molecule has 3 heterocycles. The van der Waals surface area contributed by atoms with Gasteiger partial charge in [0.1, 0.15) is 5.65 Å². The zero-order valence-electron chi connectivity index (χ0n) is 16.5. The molecule has 0 spiro atoms. The molecule has 0 aliphatic heterocycles. The third-order valence-electron chi connectivity index (χ3n) is 5.53. The molecule has 0 atom stereocenters. The first-order chi connectivity index (χ1) is 14.4. The van der Waals surface area contributed by atoms with Gasteiger partial charge in [0.25, 0.3) is 0 Å². The average molecular weight is 405 g/mol. The Morgan fingerprint density at radius 1 is 0.900 bits per heavy atom. The molecule has 0 amide bonds. The number of hydrogen-bond donors (Lipinski definition) is 0. The molecule has 0 aliphatic rings. The number of aromatic nitrogens is 3. The van der Waals surface area contributed by atoms with Crippen LogP contribution in [0.3, 0.4) is 0 Å². The lowest BCUT2D eigenvalue weighted by Gasteiger charge is -2.11. The van der Waals surface area contributed by atoms with E-state index in [1.54, 1.807) is 24.3 Å². The van der Waals surface area contributed by atoms with E-state index in [0.29, 0.717) is 40.2 Å². The predicted octanol–water partition coefficient (Wildman–Crippen LogP) is 6.75. The molecule has 3 aromatic heterocycles. The number of aryl methyl sites for hydroxylation is 2. The molecule has 150 valence electrons. The van der Waals surface area contributed by atoms with Gasteiger partial charge in [-0.3, -0.25) is 4.98 Å². The first-order valence-corrected chi connectivity index (χ1v) is 9.75. The van der Waals surface area contributed by atoms with Crippen LogP contribution in [0.15, 0.2) is 60.7 Å². The molecule has 0 aliphatic carbocycles. The number of hydrogen-bond acceptors (Lipinski definition) is 2. The first kappa shape index (κ1) is 18.6. The average Bonchev–Trinajstić information content (AvgIpc) is 3.06. The second-order valence-electron chi connectivity index (χ2n) is 7.30. The highest BCUT2D eigenvalue weighted by molar-refractivity contribution is 6.16. The standard InChI is InChI=1S/C24H18F3N3/c1-3-30-22-17-12-8-7-11-16(17)14(2)28-21(22)20-18(24(25,26)27)13-19(29-23(20)30)15-9-5-4-6-10-15/h4-13H,3H2,1-2H3. The van der Waals surface area contributed by atoms with Gasteiger partial charge in [0, 0.05) is 28.6 Å². The zero-order valence-corrected chi connectivity index (χ0v) is 16.5. The van der Waals surface area contributed by atoms with Crippen LogP contribution < -0.4 is 0 Å². The van der Waals surface area contributed by atoms with Gasteiger partial charge in [-0.05, 0) is 19.9 Å². The third kappa shape index (κ3) is 2.67. The summed E-state index contributed by atoms with van der Waals surface area (Å²) in [6.45, 7) is 4.23. The van der Waals surface area contributed by atoms with E-state index in [2.05, 4.69) is 9.97 Å². The van der Waals surface area contributed by atoms with Crippen LogP contribution in [0, 0.1) is 6.92 Å². The highest BCUT2D eigenvalue weighted by atomic mass is 19.4. The second-order valence-corrected chi connectivity index (χ2v) is 7.30. The van der Waals surface area contributed by atoms with E-state index in [0.717, 1.165) is 16.8 Å². The molecule has 0 radical (unpaired) electrons. The lowest BCUT2D eigenvalue weighted by atomic mass is 10.0. The van der Waals surface area contributed by atoms with Crippen LogP contribution in [0.1, 0.15) is 18.2 Å². The van der Waals surface area contributed by atoms with E-state index < -0.39 is 11.7 Å². The van der Waals surface area contributed by atoms with E-state index in [-0.39, 0.29) is 5.39 Å². The molecule has 3 nitrogen and oxygen atoms in total. The van der Waals surface area contributed by atoms with Gasteiger partial charge in [-0.25, -0.2) is 4.98 Å². The summed E-state index contributed by atoms with van der Waals surface area (Å²) in [5, 5.41) is 1.88. The van der Waals surface area contributed by atoms with Crippen molar-refractivity contribution in [2.24, 2.45) is 0 Å². The van der Waals surface area contributed by atoms with Crippen LogP contribution in [-0.4, -0.2) is 14.5 Å². The second kappa shape index (κ2) is 6.55. The van der Waals surface area contributed by atoms with E-state index in [4.69, 9.17) is 0 Å². The zero-order chi connectivity index (χ0) is 21.0. The largest absolute Gasteiger partial charge is 0.417 e. The van der Waals surface area contributed by atoms with Crippen LogP contribution >= 0.6 is 0 Å². The fourth-order valence-electron chi connectivity index (χ4n) is 4.22. The predicted molar refractivity (Wildman–Crippen MR) is 113 cm³/mol. The number of alkyl halides is 3. The van der Waals surface area contributed by atoms with Gasteiger partial charge in [-0.15, -0.1) is 0 Å². The monoisotopic (exact) mass is 405 g/mol. The van der Waals surface area contributed by atoms with Crippen molar-refractivity contribution in [2.45, 2.75) is 26.6 Å². The summed E-state index contributed by atoms with van der Waals surface area (Å²) in [5.74, 6) is 0. The maximum absolute atomic E-state index is 14.2. The summed E-state index contributed by atoms with van der Waals surface area (Å²) in [7, 11) is 0. The minimum absolute atomic E-state index is 0.0629. The van der Waals surface area contributed by atoms with Gasteiger partial charge in [-0.1, -0.05) is 54.6 Å². The topological polar surface area (TPSA) is 30.7 Å². The van der Waals surface area contributed by atoms with Crippen LogP contribution in [0.5, 0.6) is 0 Å². The molecule has 0 saturated carbocycles. The van der Waals surface area contributed by atoms with Crippen molar-refractivity contribution in [1.29, 1.82) is 0 Å². The highest BCUT2D eigenvalue weighted by Gasteiger charge is 2.36. The molecule has 0 bridgehead atoms. The van der Waals surface area contributed by atoms with Crippen molar-refractivity contribution < 1.29 is 13.2 Å². The third-order valence-corrected chi connectivity index (χ3v) is 5.53. The van der Waals surface area contributed by atoms with E-state index in [1.165, 1.54) is 0 Å². The molecule has 0 saturated heterocycles. The Hall–Kier alpha value is -3.41. The summed E-state index contributed by atoms with van der Waals surface area (Å²) in [5.41, 5.74) is 2.30. The van der Waals surface area contributed by atoms with Crippen molar-refractivity contribution in [3.63, 3.8) is 0 Å². The van der Waals surface area contributed by atoms with Crippen molar-refractivity contribution in [1.82, 2.24) is 14.5 Å². The summed E-state index contributed by atoms with van der Waals surface area (Å²) in [6.07, 6.45) is -4.53. The normalized spacial score (nSPS) is 12.3. The molecule has 0 unspecified atom stereocenters. The highest BCUT2D eigenvalue weighted by Crippen LogP contribution is 2.42. The van der Waals surface area contributed by atoms with E-state index in [1.807, 2.05) is 48.7 Å². The van der Waals surface area contributed by atoms with Crippen LogP contribution in [0.4, 0.5) is 13.2 Å². The van der Waals surface area contributed by atoms with Gasteiger partial charge in [0.2, 0.25) is 0 Å². The Morgan fingerprint density at radius 3 is 2.23 bits per heavy atom. The Labute approximate surface area is 170 Å². The van der Waals surface area contributed by atoms with Crippen LogP contribution in [-0.2, 0) is 12.7 Å². The van der Waals surface area contributed by atoms with Crippen LogP contribution in [0.2, 0.25) is 0 Å². The summed E-state index contributed by atoms with van der Waals surface area (Å²) >= 11 is 0. The SMILES string of the molecule is CCn1c2nc(-c3ccccc3)cc(C(F)(F)F)c2c2nc(C)c3ccccc3c21. The minimum Gasteiger partial charge on any atom is -0.324 e. The number of pyridine rings is 2. The molecular formula is C24H18F3N3. The van der Waals surface area contributed by atoms with Gasteiger partial charge >= 0.3 is 6.18 Å². The summed E-state index contributed by atoms with van der Waals surface area (Å²) in [6, 6.07) is 17.8. The van der Waals surface area contributed by atoms with Crippen molar-refractivity contribution >= 4 is 32.8 Å². The minimum atomic E-state index is -4.53. The number of rotatable bonds is 2. The molecule has 0 N–H and O–H groups in total. The lowest BCUT2D eigenvalue weighted by Crippen LogP contribution is -2.08. The van der Waals surface area contributed by atoms with Crippen molar-refractivity contribution in [3.05, 3.63) is 71.9 Å². The Kier molecular flexibility index (Phi) is 4.07. The smallest absolute Gasteiger partial charge is 0.324 e. The Bertz CT molecular complexity index is 1420. The number of fused-ring (bicyclic) bond motifs is 5. The Balaban J connectivity index is 2.03. The van der Waals surface area contributed by atoms with Gasteiger partial charge in [0.15, 0.2) is 0 Å². The first-order valence-electron chi connectivity index (χ1n) is 9.75. The molecule has 6 heteroatoms. The van der Waals surface area contributed by atoms with Gasteiger partial charge in [-0.2, -0.15) is 13.2 Å². The van der Waals surface area contributed by atoms with Gasteiger partial charge in [0.05, 0.1) is 27.7 Å². The maximum atomic E-state index is 14.2.